The summed E-state index contributed by atoms with van der Waals surface area (Å²) in [4.78, 5) is 25.6. The summed E-state index contributed by atoms with van der Waals surface area (Å²) in [5, 5.41) is 7.93. The Balaban J connectivity index is 1.60. The normalized spacial score (nSPS) is 10.7. The number of thiocarbonyl (C=S) groups is 1. The monoisotopic (exact) mass is 403 g/mol. The number of hydrogen-bond donors (Lipinski definition) is 2. The molecule has 146 valence electrons. The van der Waals surface area contributed by atoms with E-state index in [-0.39, 0.29) is 16.9 Å². The molecule has 0 aliphatic carbocycles. The number of benzene rings is 3. The van der Waals surface area contributed by atoms with Gasteiger partial charge >= 0.3 is 0 Å². The number of amides is 2. The summed E-state index contributed by atoms with van der Waals surface area (Å²) in [6.07, 6.45) is 3.22. The predicted molar refractivity (Wildman–Crippen MR) is 122 cm³/mol. The first-order valence-electron chi connectivity index (χ1n) is 9.03. The van der Waals surface area contributed by atoms with Gasteiger partial charge in [-0.1, -0.05) is 42.5 Å². The Morgan fingerprint density at radius 2 is 1.62 bits per heavy atom. The van der Waals surface area contributed by atoms with Crippen LogP contribution in [0.25, 0.3) is 16.8 Å². The number of anilines is 1. The van der Waals surface area contributed by atoms with E-state index in [1.54, 1.807) is 44.4 Å². The van der Waals surface area contributed by atoms with Crippen LogP contribution in [0.3, 0.4) is 0 Å². The molecule has 0 aliphatic heterocycles. The van der Waals surface area contributed by atoms with Gasteiger partial charge in [0.1, 0.15) is 0 Å². The van der Waals surface area contributed by atoms with E-state index in [0.29, 0.717) is 11.3 Å². The first kappa shape index (κ1) is 20.2. The van der Waals surface area contributed by atoms with Crippen LogP contribution in [0.1, 0.15) is 15.9 Å². The molecule has 0 heterocycles. The number of carbonyl (C=O) groups excluding carboxylic acids is 2. The number of hydrogen-bond acceptors (Lipinski definition) is 3. The van der Waals surface area contributed by atoms with Crippen LogP contribution in [0.15, 0.2) is 72.8 Å². The van der Waals surface area contributed by atoms with E-state index in [2.05, 4.69) is 10.6 Å². The Hall–Kier alpha value is -3.51. The molecule has 0 saturated carbocycles. The molecular weight excluding hydrogens is 382 g/mol. The highest BCUT2D eigenvalue weighted by atomic mass is 32.1. The zero-order valence-corrected chi connectivity index (χ0v) is 17.0. The van der Waals surface area contributed by atoms with E-state index in [9.17, 15) is 9.59 Å². The molecule has 5 nitrogen and oxygen atoms in total. The SMILES string of the molecule is CN(C)C(=O)c1ccc(NC(=S)NC(=O)/C=C/c2cccc3ccccc23)cc1. The summed E-state index contributed by atoms with van der Waals surface area (Å²) in [6, 6.07) is 20.8. The van der Waals surface area contributed by atoms with E-state index >= 15 is 0 Å². The molecule has 0 spiro atoms. The lowest BCUT2D eigenvalue weighted by molar-refractivity contribution is -0.115. The van der Waals surface area contributed by atoms with Gasteiger partial charge in [-0.15, -0.1) is 0 Å². The lowest BCUT2D eigenvalue weighted by Gasteiger charge is -2.11. The van der Waals surface area contributed by atoms with E-state index in [1.165, 1.54) is 11.0 Å². The van der Waals surface area contributed by atoms with Crippen LogP contribution < -0.4 is 10.6 Å². The Morgan fingerprint density at radius 1 is 0.931 bits per heavy atom. The standard InChI is InChI=1S/C23H21N3O2S/c1-26(2)22(28)18-10-13-19(14-11-18)24-23(29)25-21(27)15-12-17-8-5-7-16-6-3-4-9-20(16)17/h3-15H,1-2H3,(H2,24,25,27,29)/b15-12+. The molecule has 2 amide bonds. The first-order valence-corrected chi connectivity index (χ1v) is 9.44. The molecule has 6 heteroatoms. The van der Waals surface area contributed by atoms with Gasteiger partial charge < -0.3 is 10.2 Å². The van der Waals surface area contributed by atoms with Crippen LogP contribution in [0, 0.1) is 0 Å². The third-order valence-corrected chi connectivity index (χ3v) is 4.47. The molecule has 0 atom stereocenters. The second-order valence-electron chi connectivity index (χ2n) is 6.62. The highest BCUT2D eigenvalue weighted by molar-refractivity contribution is 7.80. The minimum absolute atomic E-state index is 0.0778. The molecule has 29 heavy (non-hydrogen) atoms. The average Bonchev–Trinajstić information content (AvgIpc) is 2.72. The van der Waals surface area contributed by atoms with Crippen molar-refractivity contribution in [1.29, 1.82) is 0 Å². The van der Waals surface area contributed by atoms with Gasteiger partial charge in [-0.3, -0.25) is 14.9 Å². The van der Waals surface area contributed by atoms with Crippen molar-refractivity contribution < 1.29 is 9.59 Å². The van der Waals surface area contributed by atoms with Crippen molar-refractivity contribution in [3.05, 3.63) is 83.9 Å². The maximum Gasteiger partial charge on any atom is 0.253 e. The fourth-order valence-electron chi connectivity index (χ4n) is 2.83. The largest absolute Gasteiger partial charge is 0.345 e. The van der Waals surface area contributed by atoms with Crippen molar-refractivity contribution in [2.45, 2.75) is 0 Å². The molecule has 3 rings (SSSR count). The highest BCUT2D eigenvalue weighted by Crippen LogP contribution is 2.19. The molecule has 0 aromatic heterocycles. The third-order valence-electron chi connectivity index (χ3n) is 4.27. The molecule has 0 saturated heterocycles. The average molecular weight is 404 g/mol. The van der Waals surface area contributed by atoms with Gasteiger partial charge in [-0.2, -0.15) is 0 Å². The second kappa shape index (κ2) is 9.12. The molecule has 3 aromatic carbocycles. The number of nitrogens with zero attached hydrogens (tertiary/aromatic N) is 1. The Kier molecular flexibility index (Phi) is 6.36. The molecule has 0 aliphatic rings. The minimum atomic E-state index is -0.324. The Bertz CT molecular complexity index is 1080. The van der Waals surface area contributed by atoms with E-state index in [0.717, 1.165) is 16.3 Å². The summed E-state index contributed by atoms with van der Waals surface area (Å²) in [7, 11) is 3.40. The summed E-state index contributed by atoms with van der Waals surface area (Å²) in [6.45, 7) is 0. The molecular formula is C23H21N3O2S. The van der Waals surface area contributed by atoms with E-state index in [4.69, 9.17) is 12.2 Å². The molecule has 0 bridgehead atoms. The van der Waals surface area contributed by atoms with Gasteiger partial charge in [0, 0.05) is 31.4 Å². The Morgan fingerprint density at radius 3 is 2.34 bits per heavy atom. The van der Waals surface area contributed by atoms with Gasteiger partial charge in [-0.25, -0.2) is 0 Å². The first-order chi connectivity index (χ1) is 13.9. The van der Waals surface area contributed by atoms with Crippen LogP contribution in [0.4, 0.5) is 5.69 Å². The van der Waals surface area contributed by atoms with Crippen molar-refractivity contribution in [2.75, 3.05) is 19.4 Å². The van der Waals surface area contributed by atoms with Crippen molar-refractivity contribution in [2.24, 2.45) is 0 Å². The van der Waals surface area contributed by atoms with Gasteiger partial charge in [0.25, 0.3) is 5.91 Å². The van der Waals surface area contributed by atoms with Gasteiger partial charge in [-0.05, 0) is 58.9 Å². The highest BCUT2D eigenvalue weighted by Gasteiger charge is 2.08. The number of nitrogens with one attached hydrogen (secondary N) is 2. The predicted octanol–water partition coefficient (Wildman–Crippen LogP) is 4.07. The quantitative estimate of drug-likeness (QED) is 0.509. The second-order valence-corrected chi connectivity index (χ2v) is 7.03. The smallest absolute Gasteiger partial charge is 0.253 e. The van der Waals surface area contributed by atoms with Crippen molar-refractivity contribution in [3.63, 3.8) is 0 Å². The zero-order valence-electron chi connectivity index (χ0n) is 16.2. The molecule has 0 radical (unpaired) electrons. The Labute approximate surface area is 175 Å². The lowest BCUT2D eigenvalue weighted by atomic mass is 10.0. The van der Waals surface area contributed by atoms with Crippen molar-refractivity contribution in [3.8, 4) is 0 Å². The number of fused-ring (bicyclic) bond motifs is 1. The molecule has 3 aromatic rings. The fraction of sp³-hybridized carbons (Fsp3) is 0.0870. The molecule has 0 unspecified atom stereocenters. The van der Waals surface area contributed by atoms with E-state index in [1.807, 2.05) is 42.5 Å². The molecule has 0 fully saturated rings. The van der Waals surface area contributed by atoms with E-state index < -0.39 is 0 Å². The maximum absolute atomic E-state index is 12.2. The van der Waals surface area contributed by atoms with Crippen LogP contribution in [0.5, 0.6) is 0 Å². The van der Waals surface area contributed by atoms with Gasteiger partial charge in [0.2, 0.25) is 5.91 Å². The topological polar surface area (TPSA) is 61.4 Å². The van der Waals surface area contributed by atoms with Crippen LogP contribution in [0.2, 0.25) is 0 Å². The summed E-state index contributed by atoms with van der Waals surface area (Å²) in [5.41, 5.74) is 2.22. The van der Waals surface area contributed by atoms with Crippen molar-refractivity contribution in [1.82, 2.24) is 10.2 Å². The van der Waals surface area contributed by atoms with Crippen LogP contribution >= 0.6 is 12.2 Å². The third kappa shape index (κ3) is 5.27. The lowest BCUT2D eigenvalue weighted by Crippen LogP contribution is -2.32. The molecule has 2 N–H and O–H groups in total. The maximum atomic E-state index is 12.2. The van der Waals surface area contributed by atoms with Gasteiger partial charge in [0.05, 0.1) is 0 Å². The summed E-state index contributed by atoms with van der Waals surface area (Å²) >= 11 is 5.19. The van der Waals surface area contributed by atoms with Crippen LogP contribution in [-0.4, -0.2) is 35.9 Å². The summed E-state index contributed by atoms with van der Waals surface area (Å²) < 4.78 is 0. The number of rotatable bonds is 4. The zero-order chi connectivity index (χ0) is 20.8. The van der Waals surface area contributed by atoms with Gasteiger partial charge in [0.15, 0.2) is 5.11 Å². The number of carbonyl (C=O) groups is 2. The fourth-order valence-corrected chi connectivity index (χ4v) is 3.05. The van der Waals surface area contributed by atoms with Crippen molar-refractivity contribution >= 4 is 51.7 Å². The summed E-state index contributed by atoms with van der Waals surface area (Å²) in [5.74, 6) is -0.402. The van der Waals surface area contributed by atoms with Crippen LogP contribution in [-0.2, 0) is 4.79 Å². The minimum Gasteiger partial charge on any atom is -0.345 e.